The Labute approximate surface area is 108 Å². The van der Waals surface area contributed by atoms with Crippen LogP contribution in [0, 0.1) is 5.82 Å². The summed E-state index contributed by atoms with van der Waals surface area (Å²) in [5.41, 5.74) is 1.90. The second kappa shape index (κ2) is 4.88. The Bertz CT molecular complexity index is 425. The molecule has 0 spiro atoms. The second-order valence-corrected chi connectivity index (χ2v) is 5.60. The molecule has 0 aromatic heterocycles. The number of rotatable bonds is 5. The van der Waals surface area contributed by atoms with Crippen molar-refractivity contribution in [3.63, 3.8) is 0 Å². The summed E-state index contributed by atoms with van der Waals surface area (Å²) in [5, 5.41) is 3.48. The Morgan fingerprint density at radius 1 is 1.28 bits per heavy atom. The van der Waals surface area contributed by atoms with E-state index in [1.807, 2.05) is 19.2 Å². The third kappa shape index (κ3) is 2.37. The average molecular weight is 248 g/mol. The molecule has 0 aliphatic heterocycles. The molecule has 0 saturated heterocycles. The number of nitrogens with one attached hydrogen (secondary N) is 1. The molecule has 0 radical (unpaired) electrons. The first-order valence-corrected chi connectivity index (χ1v) is 6.99. The monoisotopic (exact) mass is 248 g/mol. The maximum Gasteiger partial charge on any atom is 0.146 e. The smallest absolute Gasteiger partial charge is 0.146 e. The van der Waals surface area contributed by atoms with Gasteiger partial charge in [0.25, 0.3) is 0 Å². The topological polar surface area (TPSA) is 15.3 Å². The van der Waals surface area contributed by atoms with Gasteiger partial charge in [0, 0.05) is 25.7 Å². The van der Waals surface area contributed by atoms with Crippen LogP contribution in [0.4, 0.5) is 10.1 Å². The fraction of sp³-hybridized carbons (Fsp3) is 0.600. The Morgan fingerprint density at radius 2 is 2.06 bits per heavy atom. The van der Waals surface area contributed by atoms with Gasteiger partial charge in [-0.15, -0.1) is 0 Å². The van der Waals surface area contributed by atoms with Crippen molar-refractivity contribution in [1.82, 2.24) is 5.32 Å². The highest BCUT2D eigenvalue weighted by atomic mass is 19.1. The molecule has 2 aliphatic rings. The molecular weight excluding hydrogens is 227 g/mol. The van der Waals surface area contributed by atoms with E-state index in [0.717, 1.165) is 17.8 Å². The van der Waals surface area contributed by atoms with Crippen LogP contribution in [0.5, 0.6) is 0 Å². The van der Waals surface area contributed by atoms with Gasteiger partial charge in [-0.2, -0.15) is 0 Å². The van der Waals surface area contributed by atoms with Gasteiger partial charge in [0.05, 0.1) is 5.69 Å². The SMILES string of the molecule is CN(c1c(F)cccc1CNC1CC1)C1CCC1. The van der Waals surface area contributed by atoms with Crippen molar-refractivity contribution in [1.29, 1.82) is 0 Å². The predicted octanol–water partition coefficient (Wildman–Crippen LogP) is 3.07. The summed E-state index contributed by atoms with van der Waals surface area (Å²) in [6.07, 6.45) is 6.20. The van der Waals surface area contributed by atoms with Crippen LogP contribution in [-0.4, -0.2) is 19.1 Å². The van der Waals surface area contributed by atoms with Crippen molar-refractivity contribution in [2.75, 3.05) is 11.9 Å². The molecule has 98 valence electrons. The zero-order chi connectivity index (χ0) is 12.5. The number of halogens is 1. The molecule has 2 saturated carbocycles. The molecule has 0 heterocycles. The molecule has 0 atom stereocenters. The van der Waals surface area contributed by atoms with Crippen LogP contribution >= 0.6 is 0 Å². The van der Waals surface area contributed by atoms with Crippen LogP contribution in [0.25, 0.3) is 0 Å². The molecule has 1 aromatic rings. The van der Waals surface area contributed by atoms with Gasteiger partial charge in [0.1, 0.15) is 5.82 Å². The number of para-hydroxylation sites is 1. The van der Waals surface area contributed by atoms with Gasteiger partial charge in [-0.05, 0) is 43.7 Å². The second-order valence-electron chi connectivity index (χ2n) is 5.60. The molecule has 0 unspecified atom stereocenters. The summed E-state index contributed by atoms with van der Waals surface area (Å²) < 4.78 is 14.1. The number of nitrogens with zero attached hydrogens (tertiary/aromatic N) is 1. The van der Waals surface area contributed by atoms with E-state index < -0.39 is 0 Å². The van der Waals surface area contributed by atoms with Crippen LogP contribution in [-0.2, 0) is 6.54 Å². The zero-order valence-electron chi connectivity index (χ0n) is 11.0. The zero-order valence-corrected chi connectivity index (χ0v) is 11.0. The molecule has 2 fully saturated rings. The molecule has 0 bridgehead atoms. The molecular formula is C15H21FN2. The number of anilines is 1. The molecule has 1 N–H and O–H groups in total. The minimum Gasteiger partial charge on any atom is -0.369 e. The summed E-state index contributed by atoms with van der Waals surface area (Å²) in [4.78, 5) is 2.14. The Balaban J connectivity index is 1.79. The lowest BCUT2D eigenvalue weighted by Gasteiger charge is -2.37. The van der Waals surface area contributed by atoms with Crippen molar-refractivity contribution < 1.29 is 4.39 Å². The van der Waals surface area contributed by atoms with Gasteiger partial charge in [0.2, 0.25) is 0 Å². The largest absolute Gasteiger partial charge is 0.369 e. The predicted molar refractivity (Wildman–Crippen MR) is 72.3 cm³/mol. The quantitative estimate of drug-likeness (QED) is 0.861. The van der Waals surface area contributed by atoms with E-state index in [2.05, 4.69) is 10.2 Å². The van der Waals surface area contributed by atoms with Crippen molar-refractivity contribution in [2.24, 2.45) is 0 Å². The fourth-order valence-corrected chi connectivity index (χ4v) is 2.60. The summed E-state index contributed by atoms with van der Waals surface area (Å²) in [5.74, 6) is -0.0838. The molecule has 3 heteroatoms. The Morgan fingerprint density at radius 3 is 2.67 bits per heavy atom. The van der Waals surface area contributed by atoms with Crippen molar-refractivity contribution in [2.45, 2.75) is 50.7 Å². The number of hydrogen-bond donors (Lipinski definition) is 1. The number of hydrogen-bond acceptors (Lipinski definition) is 2. The van der Waals surface area contributed by atoms with Crippen molar-refractivity contribution in [3.05, 3.63) is 29.6 Å². The summed E-state index contributed by atoms with van der Waals surface area (Å²) in [6, 6.07) is 6.63. The molecule has 0 amide bonds. The Hall–Kier alpha value is -1.09. The third-order valence-electron chi connectivity index (χ3n) is 4.20. The van der Waals surface area contributed by atoms with Gasteiger partial charge in [-0.1, -0.05) is 12.1 Å². The van der Waals surface area contributed by atoms with Gasteiger partial charge >= 0.3 is 0 Å². The van der Waals surface area contributed by atoms with Crippen LogP contribution in [0.3, 0.4) is 0 Å². The van der Waals surface area contributed by atoms with Gasteiger partial charge < -0.3 is 10.2 Å². The minimum atomic E-state index is -0.0838. The normalized spacial score (nSPS) is 19.7. The highest BCUT2D eigenvalue weighted by molar-refractivity contribution is 5.55. The molecule has 2 aliphatic carbocycles. The van der Waals surface area contributed by atoms with E-state index in [1.54, 1.807) is 6.07 Å². The standard InChI is InChI=1S/C15H21FN2/c1-18(13-5-3-6-13)15-11(4-2-7-14(15)16)10-17-12-8-9-12/h2,4,7,12-13,17H,3,5-6,8-10H2,1H3. The summed E-state index contributed by atoms with van der Waals surface area (Å²) >= 11 is 0. The van der Waals surface area contributed by atoms with E-state index in [9.17, 15) is 4.39 Å². The molecule has 1 aromatic carbocycles. The third-order valence-corrected chi connectivity index (χ3v) is 4.20. The first-order chi connectivity index (χ1) is 8.75. The van der Waals surface area contributed by atoms with Crippen LogP contribution in [0.1, 0.15) is 37.7 Å². The van der Waals surface area contributed by atoms with E-state index in [1.165, 1.54) is 32.1 Å². The van der Waals surface area contributed by atoms with Crippen LogP contribution < -0.4 is 10.2 Å². The molecule has 18 heavy (non-hydrogen) atoms. The van der Waals surface area contributed by atoms with E-state index in [4.69, 9.17) is 0 Å². The highest BCUT2D eigenvalue weighted by Crippen LogP contribution is 2.32. The highest BCUT2D eigenvalue weighted by Gasteiger charge is 2.26. The maximum absolute atomic E-state index is 14.1. The lowest BCUT2D eigenvalue weighted by Crippen LogP contribution is -2.38. The fourth-order valence-electron chi connectivity index (χ4n) is 2.60. The van der Waals surface area contributed by atoms with Crippen LogP contribution in [0.2, 0.25) is 0 Å². The molecule has 3 rings (SSSR count). The van der Waals surface area contributed by atoms with Gasteiger partial charge in [0.15, 0.2) is 0 Å². The Kier molecular flexibility index (Phi) is 3.25. The first kappa shape index (κ1) is 12.0. The van der Waals surface area contributed by atoms with Crippen LogP contribution in [0.15, 0.2) is 18.2 Å². The van der Waals surface area contributed by atoms with Crippen molar-refractivity contribution >= 4 is 5.69 Å². The lowest BCUT2D eigenvalue weighted by molar-refractivity contribution is 0.397. The van der Waals surface area contributed by atoms with Crippen molar-refractivity contribution in [3.8, 4) is 0 Å². The van der Waals surface area contributed by atoms with Gasteiger partial charge in [-0.3, -0.25) is 0 Å². The number of benzene rings is 1. The van der Waals surface area contributed by atoms with E-state index >= 15 is 0 Å². The van der Waals surface area contributed by atoms with E-state index in [0.29, 0.717) is 12.1 Å². The summed E-state index contributed by atoms with van der Waals surface area (Å²) in [6.45, 7) is 0.787. The molecule has 2 nitrogen and oxygen atoms in total. The lowest BCUT2D eigenvalue weighted by atomic mass is 9.91. The minimum absolute atomic E-state index is 0.0838. The maximum atomic E-state index is 14.1. The summed E-state index contributed by atoms with van der Waals surface area (Å²) in [7, 11) is 2.03. The van der Waals surface area contributed by atoms with Gasteiger partial charge in [-0.25, -0.2) is 4.39 Å². The van der Waals surface area contributed by atoms with E-state index in [-0.39, 0.29) is 5.82 Å². The average Bonchev–Trinajstić information content (AvgIpc) is 3.07. The first-order valence-electron chi connectivity index (χ1n) is 6.99.